The average molecular weight is 219 g/mol. The minimum absolute atomic E-state index is 0.134. The summed E-state index contributed by atoms with van der Waals surface area (Å²) in [4.78, 5) is 2.24. The lowest BCUT2D eigenvalue weighted by molar-refractivity contribution is 0.276. The third-order valence-electron chi connectivity index (χ3n) is 3.03. The van der Waals surface area contributed by atoms with Gasteiger partial charge in [0.1, 0.15) is 0 Å². The first kappa shape index (κ1) is 12.0. The smallest absolute Gasteiger partial charge is 0.156 e. The van der Waals surface area contributed by atoms with Crippen LogP contribution in [0.15, 0.2) is 0 Å². The molecule has 0 N–H and O–H groups in total. The first-order valence-electron chi connectivity index (χ1n) is 5.32. The molecule has 84 valence electrons. The monoisotopic (exact) mass is 219 g/mol. The van der Waals surface area contributed by atoms with Crippen LogP contribution in [0.2, 0.25) is 0 Å². The van der Waals surface area contributed by atoms with Gasteiger partial charge in [-0.1, -0.05) is 0 Å². The van der Waals surface area contributed by atoms with Crippen molar-refractivity contribution in [3.63, 3.8) is 0 Å². The topological polar surface area (TPSA) is 37.4 Å². The van der Waals surface area contributed by atoms with Crippen LogP contribution in [0.1, 0.15) is 34.1 Å². The van der Waals surface area contributed by atoms with E-state index in [9.17, 15) is 8.42 Å². The highest BCUT2D eigenvalue weighted by atomic mass is 32.2. The molecule has 1 aliphatic rings. The lowest BCUT2D eigenvalue weighted by Gasteiger charge is -2.20. The lowest BCUT2D eigenvalue weighted by atomic mass is 10.3. The fraction of sp³-hybridized carbons (Fsp3) is 1.00. The van der Waals surface area contributed by atoms with E-state index in [1.165, 1.54) is 0 Å². The first-order valence-corrected chi connectivity index (χ1v) is 6.93. The van der Waals surface area contributed by atoms with Crippen LogP contribution in [0.4, 0.5) is 0 Å². The fourth-order valence-corrected chi connectivity index (χ4v) is 3.48. The lowest BCUT2D eigenvalue weighted by Crippen LogP contribution is -2.34. The predicted molar refractivity (Wildman–Crippen MR) is 59.2 cm³/mol. The van der Waals surface area contributed by atoms with Crippen molar-refractivity contribution in [1.82, 2.24) is 4.90 Å². The van der Waals surface area contributed by atoms with Gasteiger partial charge >= 0.3 is 0 Å². The molecule has 3 nitrogen and oxygen atoms in total. The predicted octanol–water partition coefficient (Wildman–Crippen LogP) is 1.29. The molecule has 0 spiro atoms. The quantitative estimate of drug-likeness (QED) is 0.718. The Labute approximate surface area is 87.4 Å². The van der Waals surface area contributed by atoms with Crippen molar-refractivity contribution in [2.45, 2.75) is 50.7 Å². The van der Waals surface area contributed by atoms with Crippen molar-refractivity contribution in [2.24, 2.45) is 0 Å². The van der Waals surface area contributed by atoms with Crippen molar-refractivity contribution in [3.8, 4) is 0 Å². The van der Waals surface area contributed by atoms with E-state index >= 15 is 0 Å². The van der Waals surface area contributed by atoms with Crippen LogP contribution < -0.4 is 0 Å². The number of rotatable bonds is 3. The van der Waals surface area contributed by atoms with E-state index in [1.807, 2.05) is 0 Å². The number of sulfone groups is 1. The molecular formula is C10H21NO2S. The SMILES string of the molecule is CC(C)N1CC[C@H](S(=O)(=O)C(C)C)C1. The van der Waals surface area contributed by atoms with E-state index in [2.05, 4.69) is 18.7 Å². The minimum Gasteiger partial charge on any atom is -0.300 e. The molecule has 0 aliphatic carbocycles. The summed E-state index contributed by atoms with van der Waals surface area (Å²) in [5, 5.41) is -0.371. The van der Waals surface area contributed by atoms with Crippen molar-refractivity contribution < 1.29 is 8.42 Å². The second-order valence-corrected chi connectivity index (χ2v) is 7.42. The van der Waals surface area contributed by atoms with E-state index in [0.717, 1.165) is 19.5 Å². The van der Waals surface area contributed by atoms with Crippen LogP contribution in [0.3, 0.4) is 0 Å². The average Bonchev–Trinajstić information content (AvgIpc) is 2.51. The number of hydrogen-bond donors (Lipinski definition) is 0. The van der Waals surface area contributed by atoms with Crippen molar-refractivity contribution in [1.29, 1.82) is 0 Å². The fourth-order valence-electron chi connectivity index (χ4n) is 1.88. The molecular weight excluding hydrogens is 198 g/mol. The Morgan fingerprint density at radius 2 is 1.79 bits per heavy atom. The van der Waals surface area contributed by atoms with Crippen molar-refractivity contribution in [2.75, 3.05) is 13.1 Å². The Bertz CT molecular complexity index is 282. The standard InChI is InChI=1S/C10H21NO2S/c1-8(2)11-6-5-10(7-11)14(12,13)9(3)4/h8-10H,5-7H2,1-4H3/t10-/m0/s1. The number of hydrogen-bond acceptors (Lipinski definition) is 3. The first-order chi connectivity index (χ1) is 6.35. The van der Waals surface area contributed by atoms with Gasteiger partial charge in [-0.15, -0.1) is 0 Å². The maximum Gasteiger partial charge on any atom is 0.156 e. The highest BCUT2D eigenvalue weighted by Gasteiger charge is 2.35. The maximum atomic E-state index is 11.9. The van der Waals surface area contributed by atoms with Crippen LogP contribution in [0.25, 0.3) is 0 Å². The van der Waals surface area contributed by atoms with Gasteiger partial charge in [-0.25, -0.2) is 8.42 Å². The Kier molecular flexibility index (Phi) is 3.58. The highest BCUT2D eigenvalue weighted by molar-refractivity contribution is 7.92. The molecule has 1 rings (SSSR count). The minimum atomic E-state index is -2.88. The van der Waals surface area contributed by atoms with Crippen LogP contribution in [-0.2, 0) is 9.84 Å². The van der Waals surface area contributed by atoms with Crippen LogP contribution in [0, 0.1) is 0 Å². The molecule has 0 aromatic heterocycles. The Morgan fingerprint density at radius 3 is 2.14 bits per heavy atom. The second kappa shape index (κ2) is 4.19. The molecule has 0 saturated carbocycles. The molecule has 1 aliphatic heterocycles. The summed E-state index contributed by atoms with van der Waals surface area (Å²) < 4.78 is 23.7. The van der Waals surface area contributed by atoms with Gasteiger partial charge in [-0.3, -0.25) is 4.90 Å². The summed E-state index contributed by atoms with van der Waals surface area (Å²) in [5.74, 6) is 0. The third-order valence-corrected chi connectivity index (χ3v) is 5.66. The molecule has 1 saturated heterocycles. The zero-order chi connectivity index (χ0) is 10.9. The van der Waals surface area contributed by atoms with Gasteiger partial charge in [0.25, 0.3) is 0 Å². The van der Waals surface area contributed by atoms with Crippen LogP contribution >= 0.6 is 0 Å². The molecule has 0 amide bonds. The summed E-state index contributed by atoms with van der Waals surface area (Å²) in [6.07, 6.45) is 0.804. The van der Waals surface area contributed by atoms with Gasteiger partial charge < -0.3 is 0 Å². The third kappa shape index (κ3) is 2.28. The molecule has 0 radical (unpaired) electrons. The summed E-state index contributed by atoms with van der Waals surface area (Å²) in [6.45, 7) is 9.42. The summed E-state index contributed by atoms with van der Waals surface area (Å²) in [5.41, 5.74) is 0. The molecule has 1 atom stereocenters. The summed E-state index contributed by atoms with van der Waals surface area (Å²) in [7, 11) is -2.88. The Balaban J connectivity index is 2.67. The molecule has 0 aromatic rings. The van der Waals surface area contributed by atoms with E-state index in [-0.39, 0.29) is 10.5 Å². The van der Waals surface area contributed by atoms with Gasteiger partial charge in [0.05, 0.1) is 10.5 Å². The van der Waals surface area contributed by atoms with Gasteiger partial charge in [-0.05, 0) is 40.7 Å². The molecule has 1 fully saturated rings. The molecule has 0 unspecified atom stereocenters. The van der Waals surface area contributed by atoms with Gasteiger partial charge in [-0.2, -0.15) is 0 Å². The van der Waals surface area contributed by atoms with E-state index in [1.54, 1.807) is 13.8 Å². The molecule has 1 heterocycles. The number of nitrogens with zero attached hydrogens (tertiary/aromatic N) is 1. The zero-order valence-corrected chi connectivity index (χ0v) is 10.3. The maximum absolute atomic E-state index is 11.9. The molecule has 14 heavy (non-hydrogen) atoms. The Morgan fingerprint density at radius 1 is 1.21 bits per heavy atom. The molecule has 4 heteroatoms. The number of likely N-dealkylation sites (tertiary alicyclic amines) is 1. The molecule has 0 bridgehead atoms. The van der Waals surface area contributed by atoms with Crippen molar-refractivity contribution >= 4 is 9.84 Å². The van der Waals surface area contributed by atoms with E-state index in [0.29, 0.717) is 6.04 Å². The largest absolute Gasteiger partial charge is 0.300 e. The van der Waals surface area contributed by atoms with Gasteiger partial charge in [0.15, 0.2) is 9.84 Å². The van der Waals surface area contributed by atoms with Crippen molar-refractivity contribution in [3.05, 3.63) is 0 Å². The van der Waals surface area contributed by atoms with E-state index in [4.69, 9.17) is 0 Å². The molecule has 0 aromatic carbocycles. The zero-order valence-electron chi connectivity index (χ0n) is 9.53. The second-order valence-electron chi connectivity index (χ2n) is 4.64. The van der Waals surface area contributed by atoms with Gasteiger partial charge in [0.2, 0.25) is 0 Å². The van der Waals surface area contributed by atoms with E-state index < -0.39 is 9.84 Å². The Hall–Kier alpha value is -0.0900. The van der Waals surface area contributed by atoms with Crippen LogP contribution in [0.5, 0.6) is 0 Å². The van der Waals surface area contributed by atoms with Gasteiger partial charge in [0, 0.05) is 12.6 Å². The normalized spacial score (nSPS) is 25.1. The summed E-state index contributed by atoms with van der Waals surface area (Å²) in [6, 6.07) is 0.461. The summed E-state index contributed by atoms with van der Waals surface area (Å²) >= 11 is 0. The van der Waals surface area contributed by atoms with Crippen LogP contribution in [-0.4, -0.2) is 42.9 Å². The highest BCUT2D eigenvalue weighted by Crippen LogP contribution is 2.21.